The van der Waals surface area contributed by atoms with Gasteiger partial charge in [-0.05, 0) is 90.3 Å². The highest BCUT2D eigenvalue weighted by Crippen LogP contribution is 2.35. The highest BCUT2D eigenvalue weighted by molar-refractivity contribution is 6.16. The number of fused-ring (bicyclic) bond motifs is 1. The van der Waals surface area contributed by atoms with Gasteiger partial charge in [0.2, 0.25) is 5.88 Å². The molecular weight excluding hydrogens is 604 g/mol. The number of anilines is 3. The van der Waals surface area contributed by atoms with Crippen LogP contribution in [0.4, 0.5) is 26.8 Å². The molecule has 5 heterocycles. The Bertz CT molecular complexity index is 1600. The van der Waals surface area contributed by atoms with Crippen LogP contribution in [0.2, 0.25) is 0 Å². The molecular formula is C34H46N6O7. The van der Waals surface area contributed by atoms with Crippen LogP contribution < -0.4 is 20.9 Å². The lowest BCUT2D eigenvalue weighted by molar-refractivity contribution is 0.0494. The van der Waals surface area contributed by atoms with Crippen LogP contribution >= 0.6 is 0 Å². The molecule has 0 radical (unpaired) electrons. The van der Waals surface area contributed by atoms with Crippen LogP contribution in [0.25, 0.3) is 11.1 Å². The quantitative estimate of drug-likeness (QED) is 0.271. The second-order valence-corrected chi connectivity index (χ2v) is 14.4. The topological polar surface area (TPSA) is 157 Å². The number of pyridine rings is 2. The van der Waals surface area contributed by atoms with Crippen molar-refractivity contribution in [3.8, 4) is 0 Å². The Hall–Kier alpha value is -4.39. The van der Waals surface area contributed by atoms with E-state index in [-0.39, 0.29) is 29.3 Å². The van der Waals surface area contributed by atoms with E-state index in [0.717, 1.165) is 30.5 Å². The van der Waals surface area contributed by atoms with Crippen LogP contribution in [-0.4, -0.2) is 71.6 Å². The molecule has 2 saturated heterocycles. The van der Waals surface area contributed by atoms with Crippen molar-refractivity contribution < 1.29 is 33.0 Å². The van der Waals surface area contributed by atoms with E-state index in [1.165, 1.54) is 0 Å². The molecule has 254 valence electrons. The van der Waals surface area contributed by atoms with Gasteiger partial charge in [0.15, 0.2) is 5.58 Å². The van der Waals surface area contributed by atoms with Gasteiger partial charge in [-0.2, -0.15) is 0 Å². The van der Waals surface area contributed by atoms with Gasteiger partial charge in [-0.1, -0.05) is 6.92 Å². The predicted molar refractivity (Wildman–Crippen MR) is 178 cm³/mol. The molecule has 13 nitrogen and oxygen atoms in total. The lowest BCUT2D eigenvalue weighted by Gasteiger charge is -2.39. The van der Waals surface area contributed by atoms with E-state index in [4.69, 9.17) is 18.6 Å². The van der Waals surface area contributed by atoms with Crippen molar-refractivity contribution in [3.63, 3.8) is 0 Å². The van der Waals surface area contributed by atoms with Gasteiger partial charge in [-0.25, -0.2) is 9.59 Å². The zero-order valence-corrected chi connectivity index (χ0v) is 28.3. The van der Waals surface area contributed by atoms with E-state index >= 15 is 0 Å². The zero-order chi connectivity index (χ0) is 33.9. The first-order valence-electron chi connectivity index (χ1n) is 16.1. The minimum atomic E-state index is -0.765. The maximum Gasteiger partial charge on any atom is 0.414 e. The average Bonchev–Trinajstić information content (AvgIpc) is 3.32. The second-order valence-electron chi connectivity index (χ2n) is 14.4. The molecule has 3 aromatic heterocycles. The Morgan fingerprint density at radius 2 is 1.66 bits per heavy atom. The number of furan rings is 1. The van der Waals surface area contributed by atoms with Crippen molar-refractivity contribution in [3.05, 3.63) is 41.9 Å². The van der Waals surface area contributed by atoms with E-state index < -0.39 is 29.3 Å². The molecule has 5 rings (SSSR count). The van der Waals surface area contributed by atoms with E-state index in [1.54, 1.807) is 39.4 Å². The number of ether oxygens (including phenoxy) is 3. The van der Waals surface area contributed by atoms with E-state index in [2.05, 4.69) is 37.7 Å². The number of nitrogens with one attached hydrogen (secondary N) is 3. The first-order chi connectivity index (χ1) is 22.1. The molecule has 3 N–H and O–H groups in total. The largest absolute Gasteiger partial charge is 0.444 e. The van der Waals surface area contributed by atoms with Crippen LogP contribution in [0.3, 0.4) is 0 Å². The number of carbonyl (C=O) groups excluding carboxylic acids is 3. The third-order valence-corrected chi connectivity index (χ3v) is 7.85. The fourth-order valence-corrected chi connectivity index (χ4v) is 6.01. The van der Waals surface area contributed by atoms with Crippen molar-refractivity contribution in [2.75, 3.05) is 41.8 Å². The maximum absolute atomic E-state index is 14.1. The van der Waals surface area contributed by atoms with E-state index in [9.17, 15) is 14.4 Å². The number of rotatable bonds is 6. The molecule has 1 unspecified atom stereocenters. The third-order valence-electron chi connectivity index (χ3n) is 7.85. The molecule has 47 heavy (non-hydrogen) atoms. The Balaban J connectivity index is 1.42. The summed E-state index contributed by atoms with van der Waals surface area (Å²) in [7, 11) is 0. The van der Waals surface area contributed by atoms with Crippen molar-refractivity contribution in [1.82, 2.24) is 15.3 Å². The van der Waals surface area contributed by atoms with Crippen molar-refractivity contribution in [2.45, 2.75) is 90.9 Å². The Morgan fingerprint density at radius 1 is 0.957 bits per heavy atom. The summed E-state index contributed by atoms with van der Waals surface area (Å²) in [6.45, 7) is 15.4. The Kier molecular flexibility index (Phi) is 9.94. The molecule has 2 aliphatic heterocycles. The molecule has 2 atom stereocenters. The van der Waals surface area contributed by atoms with Gasteiger partial charge in [0, 0.05) is 44.7 Å². The number of hydrogen-bond acceptors (Lipinski definition) is 10. The second kappa shape index (κ2) is 13.8. The zero-order valence-electron chi connectivity index (χ0n) is 28.3. The fourth-order valence-electron chi connectivity index (χ4n) is 6.01. The van der Waals surface area contributed by atoms with Gasteiger partial charge in [0.1, 0.15) is 22.3 Å². The minimum absolute atomic E-state index is 0.0654. The molecule has 0 bridgehead atoms. The number of alkyl carbamates (subject to hydrolysis) is 1. The lowest BCUT2D eigenvalue weighted by Crippen LogP contribution is -2.51. The number of carbonyl (C=O) groups is 3. The van der Waals surface area contributed by atoms with Gasteiger partial charge in [0.05, 0.1) is 17.6 Å². The maximum atomic E-state index is 14.1. The SMILES string of the molecule is C[C@@H]1CC(NC(=O)OC(C)(C)C)CN(c2ccncc2NC(=O)c2c(NC(=O)OC(C)(C)C)oc3cc(C4CCOCC4)cnc23)C1. The minimum Gasteiger partial charge on any atom is -0.444 e. The number of nitrogens with zero attached hydrogens (tertiary/aromatic N) is 3. The highest BCUT2D eigenvalue weighted by atomic mass is 16.6. The standard InChI is InChI=1S/C34H46N6O7/c1-20-14-23(37-31(42)46-33(2,3)4)19-40(18-20)25-8-11-35-17-24(25)38-29(41)27-28-26(45-30(27)39-32(43)47-34(5,6)7)15-22(16-36-28)21-9-12-44-13-10-21/h8,11,15-17,20-21,23H,9-10,12-14,18-19H2,1-7H3,(H,37,42)(H,38,41)(H,39,43)/t20-,23?/m1/s1. The normalized spacial score (nSPS) is 19.3. The summed E-state index contributed by atoms with van der Waals surface area (Å²) in [6, 6.07) is 3.53. The lowest BCUT2D eigenvalue weighted by atomic mass is 9.93. The average molecular weight is 651 g/mol. The van der Waals surface area contributed by atoms with Crippen LogP contribution in [0.15, 0.2) is 35.1 Å². The summed E-state index contributed by atoms with van der Waals surface area (Å²) in [5.74, 6) is -0.105. The van der Waals surface area contributed by atoms with Crippen molar-refractivity contribution >= 4 is 46.5 Å². The van der Waals surface area contributed by atoms with Crippen LogP contribution in [0.5, 0.6) is 0 Å². The molecule has 2 aliphatic rings. The molecule has 0 aromatic carbocycles. The van der Waals surface area contributed by atoms with Crippen molar-refractivity contribution in [1.29, 1.82) is 0 Å². The molecule has 0 spiro atoms. The number of amides is 3. The summed E-state index contributed by atoms with van der Waals surface area (Å²) in [6.07, 6.45) is 6.25. The van der Waals surface area contributed by atoms with Gasteiger partial charge < -0.3 is 34.2 Å². The third kappa shape index (κ3) is 8.91. The van der Waals surface area contributed by atoms with Crippen LogP contribution in [-0.2, 0) is 14.2 Å². The molecule has 3 aromatic rings. The van der Waals surface area contributed by atoms with Gasteiger partial charge >= 0.3 is 12.2 Å². The Morgan fingerprint density at radius 3 is 2.36 bits per heavy atom. The monoisotopic (exact) mass is 650 g/mol. The number of piperidine rings is 1. The fraction of sp³-hybridized carbons (Fsp3) is 0.559. The number of hydrogen-bond donors (Lipinski definition) is 3. The molecule has 2 fully saturated rings. The van der Waals surface area contributed by atoms with Crippen LogP contribution in [0, 0.1) is 5.92 Å². The molecule has 13 heteroatoms. The predicted octanol–water partition coefficient (Wildman–Crippen LogP) is 6.46. The first kappa shape index (κ1) is 34.0. The first-order valence-corrected chi connectivity index (χ1v) is 16.1. The number of aromatic nitrogens is 2. The molecule has 0 saturated carbocycles. The Labute approximate surface area is 275 Å². The summed E-state index contributed by atoms with van der Waals surface area (Å²) in [4.78, 5) is 50.4. The van der Waals surface area contributed by atoms with Gasteiger partial charge in [0.25, 0.3) is 5.91 Å². The highest BCUT2D eigenvalue weighted by Gasteiger charge is 2.31. The van der Waals surface area contributed by atoms with E-state index in [1.807, 2.05) is 32.9 Å². The van der Waals surface area contributed by atoms with Gasteiger partial charge in [-0.3, -0.25) is 20.1 Å². The van der Waals surface area contributed by atoms with Gasteiger partial charge in [-0.15, -0.1) is 0 Å². The smallest absolute Gasteiger partial charge is 0.414 e. The van der Waals surface area contributed by atoms with Crippen LogP contribution in [0.1, 0.15) is 89.6 Å². The molecule has 3 amide bonds. The summed E-state index contributed by atoms with van der Waals surface area (Å²) in [5.41, 5.74) is 1.55. The summed E-state index contributed by atoms with van der Waals surface area (Å²) < 4.78 is 22.5. The molecule has 0 aliphatic carbocycles. The summed E-state index contributed by atoms with van der Waals surface area (Å²) in [5, 5.41) is 8.59. The van der Waals surface area contributed by atoms with Crippen molar-refractivity contribution in [2.24, 2.45) is 5.92 Å². The van der Waals surface area contributed by atoms with E-state index in [0.29, 0.717) is 43.1 Å². The summed E-state index contributed by atoms with van der Waals surface area (Å²) >= 11 is 0.